The highest BCUT2D eigenvalue weighted by atomic mass is 35.5. The van der Waals surface area contributed by atoms with Gasteiger partial charge in [-0.25, -0.2) is 4.98 Å². The molecule has 0 radical (unpaired) electrons. The normalized spacial score (nSPS) is 22.6. The van der Waals surface area contributed by atoms with Crippen molar-refractivity contribution in [1.82, 2.24) is 4.98 Å². The Kier molecular flexibility index (Phi) is 5.18. The molecule has 0 spiro atoms. The van der Waals surface area contributed by atoms with E-state index >= 15 is 0 Å². The third-order valence-corrected chi connectivity index (χ3v) is 4.02. The SMILES string of the molecule is OCCC(OC1CCCCO1)c1scnc1Cl. The molecule has 1 aromatic heterocycles. The number of nitrogens with zero attached hydrogens (tertiary/aromatic N) is 1. The van der Waals surface area contributed by atoms with Crippen LogP contribution in [0.3, 0.4) is 0 Å². The van der Waals surface area contributed by atoms with Crippen molar-refractivity contribution in [2.24, 2.45) is 0 Å². The summed E-state index contributed by atoms with van der Waals surface area (Å²) in [4.78, 5) is 4.86. The van der Waals surface area contributed by atoms with Gasteiger partial charge in [0, 0.05) is 19.6 Å². The summed E-state index contributed by atoms with van der Waals surface area (Å²) in [6, 6.07) is 0. The van der Waals surface area contributed by atoms with Crippen molar-refractivity contribution in [3.8, 4) is 0 Å². The van der Waals surface area contributed by atoms with Crippen molar-refractivity contribution in [2.75, 3.05) is 13.2 Å². The Bertz CT molecular complexity index is 341. The lowest BCUT2D eigenvalue weighted by Gasteiger charge is -2.27. The van der Waals surface area contributed by atoms with E-state index in [1.807, 2.05) is 0 Å². The number of ether oxygens (including phenoxy) is 2. The molecule has 0 saturated carbocycles. The van der Waals surface area contributed by atoms with Gasteiger partial charge in [0.2, 0.25) is 0 Å². The lowest BCUT2D eigenvalue weighted by molar-refractivity contribution is -0.191. The van der Waals surface area contributed by atoms with E-state index in [4.69, 9.17) is 26.2 Å². The molecule has 4 nitrogen and oxygen atoms in total. The maximum absolute atomic E-state index is 9.08. The minimum Gasteiger partial charge on any atom is -0.396 e. The first kappa shape index (κ1) is 13.2. The van der Waals surface area contributed by atoms with Crippen molar-refractivity contribution in [1.29, 1.82) is 0 Å². The smallest absolute Gasteiger partial charge is 0.158 e. The van der Waals surface area contributed by atoms with Gasteiger partial charge >= 0.3 is 0 Å². The van der Waals surface area contributed by atoms with Crippen LogP contribution < -0.4 is 0 Å². The molecule has 0 aromatic carbocycles. The van der Waals surface area contributed by atoms with Crippen LogP contribution in [0.25, 0.3) is 0 Å². The molecule has 17 heavy (non-hydrogen) atoms. The Morgan fingerprint density at radius 1 is 1.65 bits per heavy atom. The third kappa shape index (κ3) is 3.63. The minimum atomic E-state index is -0.219. The largest absolute Gasteiger partial charge is 0.396 e. The quantitative estimate of drug-likeness (QED) is 0.899. The average molecular weight is 278 g/mol. The molecule has 1 aromatic rings. The summed E-state index contributed by atoms with van der Waals surface area (Å²) in [5.41, 5.74) is 1.69. The van der Waals surface area contributed by atoms with Crippen LogP contribution in [0.5, 0.6) is 0 Å². The number of thiazole rings is 1. The van der Waals surface area contributed by atoms with Gasteiger partial charge in [-0.3, -0.25) is 0 Å². The second-order valence-corrected chi connectivity index (χ2v) is 5.18. The minimum absolute atomic E-state index is 0.0611. The van der Waals surface area contributed by atoms with E-state index in [0.717, 1.165) is 30.7 Å². The van der Waals surface area contributed by atoms with Gasteiger partial charge in [-0.1, -0.05) is 11.6 Å². The van der Waals surface area contributed by atoms with Gasteiger partial charge in [-0.15, -0.1) is 11.3 Å². The first-order valence-corrected chi connectivity index (χ1v) is 7.04. The highest BCUT2D eigenvalue weighted by Gasteiger charge is 2.23. The zero-order valence-electron chi connectivity index (χ0n) is 9.47. The molecule has 1 fully saturated rings. The molecule has 0 amide bonds. The zero-order valence-corrected chi connectivity index (χ0v) is 11.0. The van der Waals surface area contributed by atoms with Crippen LogP contribution in [-0.2, 0) is 9.47 Å². The van der Waals surface area contributed by atoms with Crippen LogP contribution in [0.2, 0.25) is 5.15 Å². The molecule has 0 aliphatic carbocycles. The summed E-state index contributed by atoms with van der Waals surface area (Å²) >= 11 is 7.44. The predicted octanol–water partition coefficient (Wildman–Crippen LogP) is 2.76. The molecule has 0 bridgehead atoms. The van der Waals surface area contributed by atoms with Crippen LogP contribution in [0.4, 0.5) is 0 Å². The summed E-state index contributed by atoms with van der Waals surface area (Å²) in [6.45, 7) is 0.804. The number of halogens is 1. The summed E-state index contributed by atoms with van der Waals surface area (Å²) < 4.78 is 11.4. The Balaban J connectivity index is 1.99. The van der Waals surface area contributed by atoms with Gasteiger partial charge in [0.05, 0.1) is 10.4 Å². The fraction of sp³-hybridized carbons (Fsp3) is 0.727. The van der Waals surface area contributed by atoms with Crippen LogP contribution in [0.15, 0.2) is 5.51 Å². The van der Waals surface area contributed by atoms with Crippen LogP contribution in [-0.4, -0.2) is 29.6 Å². The van der Waals surface area contributed by atoms with E-state index in [1.54, 1.807) is 5.51 Å². The van der Waals surface area contributed by atoms with E-state index in [0.29, 0.717) is 11.6 Å². The average Bonchev–Trinajstić information content (AvgIpc) is 2.76. The fourth-order valence-corrected chi connectivity index (χ4v) is 2.94. The summed E-state index contributed by atoms with van der Waals surface area (Å²) in [5, 5.41) is 9.54. The molecule has 2 atom stereocenters. The molecular formula is C11H16ClNO3S. The van der Waals surface area contributed by atoms with Crippen LogP contribution >= 0.6 is 22.9 Å². The molecule has 2 unspecified atom stereocenters. The zero-order chi connectivity index (χ0) is 12.1. The highest BCUT2D eigenvalue weighted by molar-refractivity contribution is 7.10. The van der Waals surface area contributed by atoms with Gasteiger partial charge in [-0.2, -0.15) is 0 Å². The van der Waals surface area contributed by atoms with Gasteiger partial charge in [0.15, 0.2) is 6.29 Å². The first-order chi connectivity index (χ1) is 8.31. The molecule has 2 heterocycles. The molecule has 1 aliphatic heterocycles. The highest BCUT2D eigenvalue weighted by Crippen LogP contribution is 2.33. The maximum Gasteiger partial charge on any atom is 0.158 e. The Morgan fingerprint density at radius 2 is 2.53 bits per heavy atom. The topological polar surface area (TPSA) is 51.6 Å². The van der Waals surface area contributed by atoms with E-state index in [-0.39, 0.29) is 19.0 Å². The summed E-state index contributed by atoms with van der Waals surface area (Å²) in [5.74, 6) is 0. The molecule has 1 saturated heterocycles. The first-order valence-electron chi connectivity index (χ1n) is 5.78. The van der Waals surface area contributed by atoms with E-state index in [9.17, 15) is 0 Å². The molecule has 2 rings (SSSR count). The van der Waals surface area contributed by atoms with Gasteiger partial charge in [0.25, 0.3) is 0 Å². The van der Waals surface area contributed by atoms with Crippen LogP contribution in [0.1, 0.15) is 36.7 Å². The number of aliphatic hydroxyl groups is 1. The molecule has 96 valence electrons. The van der Waals surface area contributed by atoms with E-state index < -0.39 is 0 Å². The number of hydrogen-bond donors (Lipinski definition) is 1. The lowest BCUT2D eigenvalue weighted by atomic mass is 10.2. The van der Waals surface area contributed by atoms with Crippen LogP contribution in [0, 0.1) is 0 Å². The number of rotatable bonds is 5. The van der Waals surface area contributed by atoms with Gasteiger partial charge in [0.1, 0.15) is 11.3 Å². The Labute approximate surface area is 110 Å². The molecule has 1 aliphatic rings. The van der Waals surface area contributed by atoms with Crippen molar-refractivity contribution >= 4 is 22.9 Å². The lowest BCUT2D eigenvalue weighted by Crippen LogP contribution is -2.24. The second-order valence-electron chi connectivity index (χ2n) is 3.94. The van der Waals surface area contributed by atoms with E-state index in [2.05, 4.69) is 4.98 Å². The molecular weight excluding hydrogens is 262 g/mol. The second kappa shape index (κ2) is 6.66. The fourth-order valence-electron chi connectivity index (χ4n) is 1.83. The summed E-state index contributed by atoms with van der Waals surface area (Å²) in [7, 11) is 0. The number of aliphatic hydroxyl groups excluding tert-OH is 1. The van der Waals surface area contributed by atoms with Gasteiger partial charge in [-0.05, 0) is 19.3 Å². The van der Waals surface area contributed by atoms with E-state index in [1.165, 1.54) is 11.3 Å². The molecule has 1 N–H and O–H groups in total. The number of aromatic nitrogens is 1. The standard InChI is InChI=1S/C11H16ClNO3S/c12-11-10(17-7-13-11)8(4-5-14)16-9-3-1-2-6-15-9/h7-9,14H,1-6H2. The Hall–Kier alpha value is -0.200. The van der Waals surface area contributed by atoms with Crippen molar-refractivity contribution < 1.29 is 14.6 Å². The van der Waals surface area contributed by atoms with Gasteiger partial charge < -0.3 is 14.6 Å². The van der Waals surface area contributed by atoms with Crippen molar-refractivity contribution in [3.05, 3.63) is 15.5 Å². The van der Waals surface area contributed by atoms with Crippen molar-refractivity contribution in [3.63, 3.8) is 0 Å². The third-order valence-electron chi connectivity index (χ3n) is 2.69. The predicted molar refractivity (Wildman–Crippen MR) is 66.2 cm³/mol. The van der Waals surface area contributed by atoms with Crippen molar-refractivity contribution in [2.45, 2.75) is 38.1 Å². The monoisotopic (exact) mass is 277 g/mol. The summed E-state index contributed by atoms with van der Waals surface area (Å²) in [6.07, 6.45) is 3.22. The Morgan fingerprint density at radius 3 is 3.12 bits per heavy atom. The number of hydrogen-bond acceptors (Lipinski definition) is 5. The maximum atomic E-state index is 9.08. The molecule has 6 heteroatoms.